The molecule has 1 N–H and O–H groups in total. The third-order valence-corrected chi connectivity index (χ3v) is 7.31. The molecule has 4 aromatic rings. The lowest BCUT2D eigenvalue weighted by Crippen LogP contribution is -2.37. The molecule has 0 radical (unpaired) electrons. The van der Waals surface area contributed by atoms with Crippen LogP contribution in [0.1, 0.15) is 29.8 Å². The van der Waals surface area contributed by atoms with Gasteiger partial charge in [0, 0.05) is 28.7 Å². The Bertz CT molecular complexity index is 1370. The third kappa shape index (κ3) is 5.97. The molecule has 0 fully saturated rings. The standard InChI is InChI=1S/C29H28N2O3S/c1-22(2)31(27-19-17-26(18-20-27)30-25-9-5-3-6-10-25)29(32)24-15-13-23(14-16-24)21-35(33,34)28-11-7-4-8-12-28/h3-20,22,30H,21H2,1-2H3. The van der Waals surface area contributed by atoms with Crippen LogP contribution in [0, 0.1) is 0 Å². The number of amides is 1. The molecule has 0 aliphatic carbocycles. The van der Waals surface area contributed by atoms with E-state index in [0.29, 0.717) is 11.1 Å². The summed E-state index contributed by atoms with van der Waals surface area (Å²) in [6, 6.07) is 32.8. The Morgan fingerprint density at radius 3 is 1.86 bits per heavy atom. The van der Waals surface area contributed by atoms with Gasteiger partial charge < -0.3 is 10.2 Å². The predicted octanol–water partition coefficient (Wildman–Crippen LogP) is 6.46. The largest absolute Gasteiger partial charge is 0.356 e. The normalized spacial score (nSPS) is 11.3. The van der Waals surface area contributed by atoms with Gasteiger partial charge >= 0.3 is 0 Å². The van der Waals surface area contributed by atoms with Crippen LogP contribution in [0.4, 0.5) is 17.1 Å². The second-order valence-electron chi connectivity index (χ2n) is 8.58. The number of hydrogen-bond acceptors (Lipinski definition) is 4. The number of para-hydroxylation sites is 1. The molecule has 1 amide bonds. The molecular weight excluding hydrogens is 456 g/mol. The molecule has 0 bridgehead atoms. The molecule has 0 spiro atoms. The van der Waals surface area contributed by atoms with Crippen molar-refractivity contribution in [3.63, 3.8) is 0 Å². The van der Waals surface area contributed by atoms with E-state index in [0.717, 1.165) is 17.1 Å². The highest BCUT2D eigenvalue weighted by Crippen LogP contribution is 2.25. The fourth-order valence-electron chi connectivity index (χ4n) is 3.86. The van der Waals surface area contributed by atoms with E-state index in [1.807, 2.05) is 68.4 Å². The van der Waals surface area contributed by atoms with Gasteiger partial charge in [-0.05, 0) is 80.1 Å². The quantitative estimate of drug-likeness (QED) is 0.312. The molecule has 4 rings (SSSR count). The van der Waals surface area contributed by atoms with Crippen LogP contribution in [0.2, 0.25) is 0 Å². The van der Waals surface area contributed by atoms with Crippen LogP contribution in [0.3, 0.4) is 0 Å². The van der Waals surface area contributed by atoms with Crippen LogP contribution in [-0.2, 0) is 15.6 Å². The summed E-state index contributed by atoms with van der Waals surface area (Å²) >= 11 is 0. The maximum Gasteiger partial charge on any atom is 0.258 e. The zero-order valence-electron chi connectivity index (χ0n) is 19.8. The molecule has 0 heterocycles. The molecule has 0 unspecified atom stereocenters. The molecule has 178 valence electrons. The van der Waals surface area contributed by atoms with Crippen molar-refractivity contribution in [3.05, 3.63) is 120 Å². The number of anilines is 3. The molecular formula is C29H28N2O3S. The number of carbonyl (C=O) groups excluding carboxylic acids is 1. The minimum Gasteiger partial charge on any atom is -0.356 e. The summed E-state index contributed by atoms with van der Waals surface area (Å²) in [5, 5.41) is 3.34. The van der Waals surface area contributed by atoms with Crippen molar-refractivity contribution >= 4 is 32.8 Å². The smallest absolute Gasteiger partial charge is 0.258 e. The molecule has 0 saturated carbocycles. The predicted molar refractivity (Wildman–Crippen MR) is 142 cm³/mol. The highest BCUT2D eigenvalue weighted by molar-refractivity contribution is 7.90. The highest BCUT2D eigenvalue weighted by Gasteiger charge is 2.21. The number of rotatable bonds is 8. The van der Waals surface area contributed by atoms with E-state index in [9.17, 15) is 13.2 Å². The Morgan fingerprint density at radius 1 is 0.743 bits per heavy atom. The maximum atomic E-state index is 13.4. The summed E-state index contributed by atoms with van der Waals surface area (Å²) < 4.78 is 25.3. The SMILES string of the molecule is CC(C)N(C(=O)c1ccc(CS(=O)(=O)c2ccccc2)cc1)c1ccc(Nc2ccccc2)cc1. The number of nitrogens with one attached hydrogen (secondary N) is 1. The van der Waals surface area contributed by atoms with Crippen molar-refractivity contribution in [2.75, 3.05) is 10.2 Å². The molecule has 0 aromatic heterocycles. The van der Waals surface area contributed by atoms with Gasteiger partial charge in [0.2, 0.25) is 0 Å². The monoisotopic (exact) mass is 484 g/mol. The van der Waals surface area contributed by atoms with Gasteiger partial charge in [0.1, 0.15) is 0 Å². The fourth-order valence-corrected chi connectivity index (χ4v) is 5.23. The van der Waals surface area contributed by atoms with Crippen LogP contribution in [0.25, 0.3) is 0 Å². The van der Waals surface area contributed by atoms with Gasteiger partial charge in [-0.1, -0.05) is 48.5 Å². The zero-order chi connectivity index (χ0) is 24.8. The molecule has 6 heteroatoms. The van der Waals surface area contributed by atoms with Crippen LogP contribution < -0.4 is 10.2 Å². The summed E-state index contributed by atoms with van der Waals surface area (Å²) in [6.45, 7) is 3.93. The molecule has 0 saturated heterocycles. The van der Waals surface area contributed by atoms with Gasteiger partial charge in [-0.25, -0.2) is 8.42 Å². The molecule has 4 aromatic carbocycles. The Kier molecular flexibility index (Phi) is 7.32. The van der Waals surface area contributed by atoms with Crippen molar-refractivity contribution < 1.29 is 13.2 Å². The minimum atomic E-state index is -3.45. The van der Waals surface area contributed by atoms with Gasteiger partial charge in [0.05, 0.1) is 10.6 Å². The first-order chi connectivity index (χ1) is 16.8. The van der Waals surface area contributed by atoms with Gasteiger partial charge in [-0.2, -0.15) is 0 Å². The topological polar surface area (TPSA) is 66.5 Å². The average molecular weight is 485 g/mol. The van der Waals surface area contributed by atoms with Crippen LogP contribution in [-0.4, -0.2) is 20.4 Å². The lowest BCUT2D eigenvalue weighted by atomic mass is 10.1. The Hall–Kier alpha value is -3.90. The van der Waals surface area contributed by atoms with E-state index in [2.05, 4.69) is 5.32 Å². The first kappa shape index (κ1) is 24.2. The number of nitrogens with zero attached hydrogens (tertiary/aromatic N) is 1. The zero-order valence-corrected chi connectivity index (χ0v) is 20.6. The Labute approximate surface area is 207 Å². The summed E-state index contributed by atoms with van der Waals surface area (Å²) in [7, 11) is -3.45. The molecule has 0 atom stereocenters. The molecule has 35 heavy (non-hydrogen) atoms. The van der Waals surface area contributed by atoms with E-state index in [-0.39, 0.29) is 22.6 Å². The average Bonchev–Trinajstić information content (AvgIpc) is 2.86. The van der Waals surface area contributed by atoms with Crippen molar-refractivity contribution in [3.8, 4) is 0 Å². The lowest BCUT2D eigenvalue weighted by molar-refractivity contribution is 0.0980. The molecule has 0 aliphatic rings. The van der Waals surface area contributed by atoms with Crippen molar-refractivity contribution in [1.29, 1.82) is 0 Å². The Balaban J connectivity index is 1.49. The summed E-state index contributed by atoms with van der Waals surface area (Å²) in [6.07, 6.45) is 0. The number of sulfone groups is 1. The Morgan fingerprint density at radius 2 is 1.29 bits per heavy atom. The second kappa shape index (κ2) is 10.6. The minimum absolute atomic E-state index is 0.0615. The van der Waals surface area contributed by atoms with Crippen molar-refractivity contribution in [2.24, 2.45) is 0 Å². The van der Waals surface area contributed by atoms with E-state index in [1.165, 1.54) is 0 Å². The molecule has 5 nitrogen and oxygen atoms in total. The summed E-state index contributed by atoms with van der Waals surface area (Å²) in [5.74, 6) is -0.254. The van der Waals surface area contributed by atoms with Crippen molar-refractivity contribution in [1.82, 2.24) is 0 Å². The van der Waals surface area contributed by atoms with E-state index in [4.69, 9.17) is 0 Å². The number of carbonyl (C=O) groups is 1. The van der Waals surface area contributed by atoms with E-state index in [1.54, 1.807) is 59.5 Å². The van der Waals surface area contributed by atoms with Gasteiger partial charge in [-0.3, -0.25) is 4.79 Å². The first-order valence-corrected chi connectivity index (χ1v) is 13.1. The maximum absolute atomic E-state index is 13.4. The highest BCUT2D eigenvalue weighted by atomic mass is 32.2. The summed E-state index contributed by atoms with van der Waals surface area (Å²) in [5.41, 5.74) is 3.86. The fraction of sp³-hybridized carbons (Fsp3) is 0.138. The lowest BCUT2D eigenvalue weighted by Gasteiger charge is -2.27. The van der Waals surface area contributed by atoms with Crippen molar-refractivity contribution in [2.45, 2.75) is 30.5 Å². The van der Waals surface area contributed by atoms with Crippen LogP contribution in [0.15, 0.2) is 114 Å². The summed E-state index contributed by atoms with van der Waals surface area (Å²) in [4.78, 5) is 15.4. The molecule has 0 aliphatic heterocycles. The van der Waals surface area contributed by atoms with Gasteiger partial charge in [-0.15, -0.1) is 0 Å². The van der Waals surface area contributed by atoms with Crippen LogP contribution >= 0.6 is 0 Å². The van der Waals surface area contributed by atoms with Crippen LogP contribution in [0.5, 0.6) is 0 Å². The number of benzene rings is 4. The first-order valence-electron chi connectivity index (χ1n) is 11.5. The van der Waals surface area contributed by atoms with E-state index < -0.39 is 9.84 Å². The van der Waals surface area contributed by atoms with Gasteiger partial charge in [0.15, 0.2) is 9.84 Å². The van der Waals surface area contributed by atoms with E-state index >= 15 is 0 Å². The third-order valence-electron chi connectivity index (χ3n) is 5.60. The second-order valence-corrected chi connectivity index (χ2v) is 10.6. The number of hydrogen-bond donors (Lipinski definition) is 1. The van der Waals surface area contributed by atoms with Gasteiger partial charge in [0.25, 0.3) is 5.91 Å².